The van der Waals surface area contributed by atoms with Crippen LogP contribution in [0.5, 0.6) is 0 Å². The van der Waals surface area contributed by atoms with Gasteiger partial charge in [0.1, 0.15) is 0 Å². The Morgan fingerprint density at radius 2 is 2.00 bits per heavy atom. The zero-order chi connectivity index (χ0) is 8.27. The van der Waals surface area contributed by atoms with Gasteiger partial charge in [-0.2, -0.15) is 0 Å². The van der Waals surface area contributed by atoms with Gasteiger partial charge < -0.3 is 0 Å². The second-order valence-corrected chi connectivity index (χ2v) is 2.58. The van der Waals surface area contributed by atoms with Gasteiger partial charge in [-0.25, -0.2) is 0 Å². The summed E-state index contributed by atoms with van der Waals surface area (Å²) in [5, 5.41) is 0. The maximum atomic E-state index is 7.50. The molecule has 1 unspecified atom stereocenters. The van der Waals surface area contributed by atoms with Crippen LogP contribution in [-0.4, -0.2) is 5.88 Å². The molecule has 1 heteroatoms. The Bertz CT molecular complexity index is 218. The molecule has 54 valence electrons. The Balaban J connectivity index is 2.81. The van der Waals surface area contributed by atoms with Crippen molar-refractivity contribution in [1.29, 1.82) is 0 Å². The van der Waals surface area contributed by atoms with Crippen molar-refractivity contribution in [2.45, 2.75) is 13.3 Å². The first-order valence-corrected chi connectivity index (χ1v) is 3.82. The van der Waals surface area contributed by atoms with E-state index in [1.807, 2.05) is 31.2 Å². The van der Waals surface area contributed by atoms with E-state index in [1.165, 1.54) is 5.56 Å². The SMILES string of the molecule is [2H]C(CCl)c1ccc(C)cc1. The average Bonchev–Trinajstić information content (AvgIpc) is 2.05. The summed E-state index contributed by atoms with van der Waals surface area (Å²) >= 11 is 5.54. The van der Waals surface area contributed by atoms with Crippen LogP contribution in [0.15, 0.2) is 24.3 Å². The van der Waals surface area contributed by atoms with Crippen LogP contribution in [0.4, 0.5) is 0 Å². The summed E-state index contributed by atoms with van der Waals surface area (Å²) in [6, 6.07) is 7.91. The third kappa shape index (κ3) is 2.03. The van der Waals surface area contributed by atoms with Gasteiger partial charge in [-0.05, 0) is 18.9 Å². The molecule has 0 aliphatic rings. The van der Waals surface area contributed by atoms with E-state index in [0.717, 1.165) is 5.56 Å². The van der Waals surface area contributed by atoms with Gasteiger partial charge in [0.2, 0.25) is 0 Å². The van der Waals surface area contributed by atoms with Crippen LogP contribution in [0.3, 0.4) is 0 Å². The summed E-state index contributed by atoms with van der Waals surface area (Å²) in [5.41, 5.74) is 2.21. The molecule has 0 aliphatic heterocycles. The Morgan fingerprint density at radius 3 is 2.50 bits per heavy atom. The highest BCUT2D eigenvalue weighted by Gasteiger charge is 1.88. The molecule has 0 heterocycles. The quantitative estimate of drug-likeness (QED) is 0.577. The fourth-order valence-electron chi connectivity index (χ4n) is 0.792. The standard InChI is InChI=1S/C9H11Cl/c1-8-2-4-9(5-3-8)6-7-10/h2-5H,6-7H2,1H3/i6D. The number of benzene rings is 1. The van der Waals surface area contributed by atoms with Gasteiger partial charge >= 0.3 is 0 Å². The van der Waals surface area contributed by atoms with Crippen molar-refractivity contribution in [1.82, 2.24) is 0 Å². The molecule has 0 saturated carbocycles. The third-order valence-electron chi connectivity index (χ3n) is 1.39. The van der Waals surface area contributed by atoms with E-state index < -0.39 is 0 Å². The van der Waals surface area contributed by atoms with Gasteiger partial charge in [0.15, 0.2) is 0 Å². The zero-order valence-electron chi connectivity index (χ0n) is 6.97. The van der Waals surface area contributed by atoms with E-state index in [-0.39, 0.29) is 6.40 Å². The molecular weight excluding hydrogens is 144 g/mol. The molecule has 0 radical (unpaired) electrons. The molecule has 1 aromatic carbocycles. The molecule has 10 heavy (non-hydrogen) atoms. The Morgan fingerprint density at radius 1 is 1.40 bits per heavy atom. The molecule has 0 aromatic heterocycles. The molecule has 0 saturated heterocycles. The predicted molar refractivity (Wildman–Crippen MR) is 45.6 cm³/mol. The second-order valence-electron chi connectivity index (χ2n) is 2.27. The molecule has 0 nitrogen and oxygen atoms in total. The maximum absolute atomic E-state index is 7.50. The largest absolute Gasteiger partial charge is 0.126 e. The fourth-order valence-corrected chi connectivity index (χ4v) is 0.970. The van der Waals surface area contributed by atoms with Crippen LogP contribution in [0, 0.1) is 6.92 Å². The van der Waals surface area contributed by atoms with Gasteiger partial charge in [0.05, 0.1) is 0 Å². The lowest BCUT2D eigenvalue weighted by molar-refractivity contribution is 1.14. The van der Waals surface area contributed by atoms with Crippen molar-refractivity contribution in [2.75, 3.05) is 5.88 Å². The van der Waals surface area contributed by atoms with Crippen molar-refractivity contribution in [2.24, 2.45) is 0 Å². The van der Waals surface area contributed by atoms with E-state index in [0.29, 0.717) is 5.88 Å². The molecule has 0 fully saturated rings. The minimum Gasteiger partial charge on any atom is -0.126 e. The van der Waals surface area contributed by atoms with E-state index >= 15 is 0 Å². The van der Waals surface area contributed by atoms with Gasteiger partial charge in [-0.1, -0.05) is 29.8 Å². The number of halogens is 1. The van der Waals surface area contributed by atoms with Gasteiger partial charge in [0.25, 0.3) is 0 Å². The smallest absolute Gasteiger partial charge is 0.0328 e. The van der Waals surface area contributed by atoms with Crippen molar-refractivity contribution < 1.29 is 1.37 Å². The number of aryl methyl sites for hydroxylation is 2. The van der Waals surface area contributed by atoms with Gasteiger partial charge in [-0.3, -0.25) is 0 Å². The molecule has 1 rings (SSSR count). The van der Waals surface area contributed by atoms with Crippen LogP contribution in [0.1, 0.15) is 12.5 Å². The topological polar surface area (TPSA) is 0 Å². The van der Waals surface area contributed by atoms with Crippen molar-refractivity contribution >= 4 is 11.6 Å². The monoisotopic (exact) mass is 155 g/mol. The first-order chi connectivity index (χ1) is 5.24. The summed E-state index contributed by atoms with van der Waals surface area (Å²) < 4.78 is 7.50. The third-order valence-corrected chi connectivity index (χ3v) is 1.54. The highest BCUT2D eigenvalue weighted by atomic mass is 35.5. The Kier molecular flexibility index (Phi) is 2.26. The number of rotatable bonds is 2. The second kappa shape index (κ2) is 3.62. The van der Waals surface area contributed by atoms with Gasteiger partial charge in [0, 0.05) is 7.25 Å². The Labute approximate surface area is 68.2 Å². The minimum atomic E-state index is -0.280. The fraction of sp³-hybridized carbons (Fsp3) is 0.333. The molecule has 1 atom stereocenters. The zero-order valence-corrected chi connectivity index (χ0v) is 6.73. The normalized spacial score (nSPS) is 14.4. The van der Waals surface area contributed by atoms with Gasteiger partial charge in [-0.15, -0.1) is 11.6 Å². The first kappa shape index (κ1) is 6.23. The summed E-state index contributed by atoms with van der Waals surface area (Å²) in [6.45, 7) is 2.03. The molecule has 1 aromatic rings. The maximum Gasteiger partial charge on any atom is 0.0328 e. The summed E-state index contributed by atoms with van der Waals surface area (Å²) in [6.07, 6.45) is -0.280. The van der Waals surface area contributed by atoms with Crippen LogP contribution >= 0.6 is 11.6 Å². The predicted octanol–water partition coefficient (Wildman–Crippen LogP) is 2.78. The molecule has 0 aliphatic carbocycles. The van der Waals surface area contributed by atoms with Crippen molar-refractivity contribution in [3.63, 3.8) is 0 Å². The average molecular weight is 156 g/mol. The van der Waals surface area contributed by atoms with E-state index in [9.17, 15) is 0 Å². The molecular formula is C9H11Cl. The highest BCUT2D eigenvalue weighted by molar-refractivity contribution is 6.17. The lowest BCUT2D eigenvalue weighted by Crippen LogP contribution is -1.84. The van der Waals surface area contributed by atoms with Crippen LogP contribution in [0.25, 0.3) is 0 Å². The molecule has 0 N–H and O–H groups in total. The first-order valence-electron chi connectivity index (χ1n) is 3.86. The van der Waals surface area contributed by atoms with Crippen LogP contribution in [-0.2, 0) is 6.40 Å². The lowest BCUT2D eigenvalue weighted by atomic mass is 10.1. The molecule has 0 amide bonds. The van der Waals surface area contributed by atoms with Crippen LogP contribution < -0.4 is 0 Å². The lowest BCUT2D eigenvalue weighted by Gasteiger charge is -1.96. The Hall–Kier alpha value is -0.490. The minimum absolute atomic E-state index is 0.280. The van der Waals surface area contributed by atoms with Crippen molar-refractivity contribution in [3.05, 3.63) is 35.4 Å². The van der Waals surface area contributed by atoms with E-state index in [2.05, 4.69) is 0 Å². The summed E-state index contributed by atoms with van der Waals surface area (Å²) in [4.78, 5) is 0. The molecule has 0 spiro atoms. The number of alkyl halides is 1. The number of hydrogen-bond acceptors (Lipinski definition) is 0. The number of hydrogen-bond donors (Lipinski definition) is 0. The molecule has 0 bridgehead atoms. The van der Waals surface area contributed by atoms with E-state index in [1.54, 1.807) is 0 Å². The van der Waals surface area contributed by atoms with Crippen molar-refractivity contribution in [3.8, 4) is 0 Å². The summed E-state index contributed by atoms with van der Waals surface area (Å²) in [7, 11) is 0. The summed E-state index contributed by atoms with van der Waals surface area (Å²) in [5.74, 6) is 0.364. The highest BCUT2D eigenvalue weighted by Crippen LogP contribution is 2.03. The van der Waals surface area contributed by atoms with Crippen LogP contribution in [0.2, 0.25) is 0 Å². The van der Waals surface area contributed by atoms with E-state index in [4.69, 9.17) is 13.0 Å².